The zero-order chi connectivity index (χ0) is 12.7. The first-order valence-corrected chi connectivity index (χ1v) is 6.39. The van der Waals surface area contributed by atoms with Crippen LogP contribution in [0.25, 0.3) is 0 Å². The third-order valence-corrected chi connectivity index (χ3v) is 3.04. The molecule has 1 rings (SSSR count). The second-order valence-corrected chi connectivity index (χ2v) is 4.29. The van der Waals surface area contributed by atoms with Crippen LogP contribution in [-0.4, -0.2) is 26.2 Å². The van der Waals surface area contributed by atoms with Crippen LogP contribution in [-0.2, 0) is 0 Å². The molecule has 0 aliphatic heterocycles. The smallest absolute Gasteiger partial charge is 0.125 e. The van der Waals surface area contributed by atoms with E-state index in [2.05, 4.69) is 24.1 Å². The molecule has 0 bridgehead atoms. The maximum Gasteiger partial charge on any atom is 0.125 e. The Hall–Kier alpha value is -1.09. The van der Waals surface area contributed by atoms with Crippen LogP contribution in [0.5, 0.6) is 0 Å². The van der Waals surface area contributed by atoms with Crippen molar-refractivity contribution in [3.05, 3.63) is 30.1 Å². The molecule has 1 unspecified atom stereocenters. The summed E-state index contributed by atoms with van der Waals surface area (Å²) >= 11 is 0. The van der Waals surface area contributed by atoms with Gasteiger partial charge in [-0.15, -0.1) is 0 Å². The van der Waals surface area contributed by atoms with Crippen molar-refractivity contribution in [2.24, 2.45) is 0 Å². The molecule has 0 aromatic heterocycles. The average Bonchev–Trinajstić information content (AvgIpc) is 2.34. The van der Waals surface area contributed by atoms with Gasteiger partial charge in [-0.3, -0.25) is 0 Å². The quantitative estimate of drug-likeness (QED) is 0.785. The van der Waals surface area contributed by atoms with E-state index < -0.39 is 0 Å². The van der Waals surface area contributed by atoms with Crippen LogP contribution in [0.15, 0.2) is 24.3 Å². The third kappa shape index (κ3) is 4.35. The Morgan fingerprint density at radius 3 is 2.65 bits per heavy atom. The van der Waals surface area contributed by atoms with Crippen LogP contribution in [0.3, 0.4) is 0 Å². The number of hydrogen-bond acceptors (Lipinski definition) is 2. The lowest BCUT2D eigenvalue weighted by atomic mass is 10.1. The van der Waals surface area contributed by atoms with Gasteiger partial charge in [-0.2, -0.15) is 0 Å². The summed E-state index contributed by atoms with van der Waals surface area (Å²) in [4.78, 5) is 2.21. The van der Waals surface area contributed by atoms with Gasteiger partial charge in [-0.05, 0) is 38.6 Å². The molecule has 0 radical (unpaired) electrons. The maximum absolute atomic E-state index is 13.2. The number of nitrogens with zero attached hydrogens (tertiary/aromatic N) is 1. The van der Waals surface area contributed by atoms with E-state index in [-0.39, 0.29) is 5.82 Å². The molecular formula is C14H23FN2. The van der Waals surface area contributed by atoms with Crippen LogP contribution in [0.4, 0.5) is 10.1 Å². The minimum Gasteiger partial charge on any atom is -0.370 e. The summed E-state index contributed by atoms with van der Waals surface area (Å²) in [5.74, 6) is -0.169. The minimum atomic E-state index is -0.169. The molecule has 96 valence electrons. The molecule has 3 heteroatoms. The van der Waals surface area contributed by atoms with Gasteiger partial charge in [0.2, 0.25) is 0 Å². The maximum atomic E-state index is 13.2. The fourth-order valence-corrected chi connectivity index (χ4v) is 2.03. The first-order chi connectivity index (χ1) is 8.21. The topological polar surface area (TPSA) is 15.3 Å². The molecular weight excluding hydrogens is 215 g/mol. The molecule has 0 saturated carbocycles. The molecule has 0 spiro atoms. The number of benzene rings is 1. The number of nitrogens with one attached hydrogen (secondary N) is 1. The van der Waals surface area contributed by atoms with E-state index in [0.29, 0.717) is 6.04 Å². The van der Waals surface area contributed by atoms with Crippen molar-refractivity contribution in [2.75, 3.05) is 25.0 Å². The monoisotopic (exact) mass is 238 g/mol. The Labute approximate surface area is 104 Å². The molecule has 0 aliphatic carbocycles. The van der Waals surface area contributed by atoms with Crippen molar-refractivity contribution in [3.63, 3.8) is 0 Å². The van der Waals surface area contributed by atoms with E-state index in [4.69, 9.17) is 0 Å². The molecule has 0 aliphatic rings. The van der Waals surface area contributed by atoms with E-state index in [9.17, 15) is 4.39 Å². The Morgan fingerprint density at radius 2 is 2.12 bits per heavy atom. The van der Waals surface area contributed by atoms with Crippen molar-refractivity contribution in [1.82, 2.24) is 5.32 Å². The van der Waals surface area contributed by atoms with Crippen LogP contribution >= 0.6 is 0 Å². The molecule has 0 fully saturated rings. The highest BCUT2D eigenvalue weighted by atomic mass is 19.1. The number of anilines is 1. The fraction of sp³-hybridized carbons (Fsp3) is 0.571. The Balaban J connectivity index is 2.70. The summed E-state index contributed by atoms with van der Waals surface area (Å²) in [6.07, 6.45) is 2.30. The second kappa shape index (κ2) is 7.28. The number of rotatable bonds is 7. The highest BCUT2D eigenvalue weighted by Crippen LogP contribution is 2.16. The van der Waals surface area contributed by atoms with Gasteiger partial charge in [0, 0.05) is 24.8 Å². The first-order valence-electron chi connectivity index (χ1n) is 6.39. The van der Waals surface area contributed by atoms with Crippen LogP contribution in [0.2, 0.25) is 0 Å². The SMILES string of the molecule is CCCC(CN(CC)c1cccc(F)c1)NC. The largest absolute Gasteiger partial charge is 0.370 e. The minimum absolute atomic E-state index is 0.169. The Morgan fingerprint density at radius 1 is 1.35 bits per heavy atom. The van der Waals surface area contributed by atoms with Gasteiger partial charge in [-0.1, -0.05) is 19.4 Å². The molecule has 0 heterocycles. The standard InChI is InChI=1S/C14H23FN2/c1-4-7-13(16-3)11-17(5-2)14-9-6-8-12(15)10-14/h6,8-10,13,16H,4-5,7,11H2,1-3H3. The molecule has 1 N–H and O–H groups in total. The summed E-state index contributed by atoms with van der Waals surface area (Å²) in [5.41, 5.74) is 0.962. The van der Waals surface area contributed by atoms with Gasteiger partial charge < -0.3 is 10.2 Å². The summed E-state index contributed by atoms with van der Waals surface area (Å²) in [6, 6.07) is 7.27. The van der Waals surface area contributed by atoms with Crippen molar-refractivity contribution in [3.8, 4) is 0 Å². The van der Waals surface area contributed by atoms with Crippen molar-refractivity contribution < 1.29 is 4.39 Å². The lowest BCUT2D eigenvalue weighted by Crippen LogP contribution is -2.39. The van der Waals surface area contributed by atoms with Crippen LogP contribution in [0.1, 0.15) is 26.7 Å². The molecule has 17 heavy (non-hydrogen) atoms. The molecule has 0 amide bonds. The van der Waals surface area contributed by atoms with Gasteiger partial charge in [-0.25, -0.2) is 4.39 Å². The Bertz CT molecular complexity index is 328. The highest BCUT2D eigenvalue weighted by Gasteiger charge is 2.11. The second-order valence-electron chi connectivity index (χ2n) is 4.29. The number of halogens is 1. The van der Waals surface area contributed by atoms with Crippen LogP contribution in [0, 0.1) is 5.82 Å². The summed E-state index contributed by atoms with van der Waals surface area (Å²) in [5, 5.41) is 3.32. The Kier molecular flexibility index (Phi) is 5.98. The van der Waals surface area contributed by atoms with E-state index in [1.54, 1.807) is 12.1 Å². The van der Waals surface area contributed by atoms with Crippen LogP contribution < -0.4 is 10.2 Å². The van der Waals surface area contributed by atoms with Crippen molar-refractivity contribution >= 4 is 5.69 Å². The molecule has 1 aromatic rings. The van der Waals surface area contributed by atoms with Gasteiger partial charge in [0.05, 0.1) is 0 Å². The van der Waals surface area contributed by atoms with Gasteiger partial charge in [0.15, 0.2) is 0 Å². The first kappa shape index (κ1) is 14.0. The van der Waals surface area contributed by atoms with Crippen molar-refractivity contribution in [2.45, 2.75) is 32.7 Å². The molecule has 1 aromatic carbocycles. The van der Waals surface area contributed by atoms with Gasteiger partial charge in [0.25, 0.3) is 0 Å². The highest BCUT2D eigenvalue weighted by molar-refractivity contribution is 5.46. The van der Waals surface area contributed by atoms with Crippen molar-refractivity contribution in [1.29, 1.82) is 0 Å². The average molecular weight is 238 g/mol. The molecule has 1 atom stereocenters. The van der Waals surface area contributed by atoms with E-state index in [1.807, 2.05) is 13.1 Å². The summed E-state index contributed by atoms with van der Waals surface area (Å²) < 4.78 is 13.2. The zero-order valence-electron chi connectivity index (χ0n) is 11.0. The number of likely N-dealkylation sites (N-methyl/N-ethyl adjacent to an activating group) is 2. The normalized spacial score (nSPS) is 12.5. The van der Waals surface area contributed by atoms with E-state index >= 15 is 0 Å². The van der Waals surface area contributed by atoms with Gasteiger partial charge in [0.1, 0.15) is 5.82 Å². The molecule has 2 nitrogen and oxygen atoms in total. The summed E-state index contributed by atoms with van der Waals surface area (Å²) in [6.45, 7) is 6.10. The zero-order valence-corrected chi connectivity index (χ0v) is 11.0. The summed E-state index contributed by atoms with van der Waals surface area (Å²) in [7, 11) is 1.99. The third-order valence-electron chi connectivity index (χ3n) is 3.04. The van der Waals surface area contributed by atoms with Gasteiger partial charge >= 0.3 is 0 Å². The predicted octanol–water partition coefficient (Wildman–Crippen LogP) is 3.04. The van der Waals surface area contributed by atoms with E-state index in [0.717, 1.165) is 31.6 Å². The van der Waals surface area contributed by atoms with E-state index in [1.165, 1.54) is 6.07 Å². The number of hydrogen-bond donors (Lipinski definition) is 1. The predicted molar refractivity (Wildman–Crippen MR) is 72.0 cm³/mol. The molecule has 0 saturated heterocycles. The lowest BCUT2D eigenvalue weighted by Gasteiger charge is -2.28. The fourth-order valence-electron chi connectivity index (χ4n) is 2.03. The lowest BCUT2D eigenvalue weighted by molar-refractivity contribution is 0.508.